The van der Waals surface area contributed by atoms with E-state index in [0.29, 0.717) is 17.2 Å². The quantitative estimate of drug-likeness (QED) is 0.789. The van der Waals surface area contributed by atoms with Gasteiger partial charge in [0.25, 0.3) is 0 Å². The van der Waals surface area contributed by atoms with Crippen molar-refractivity contribution in [1.82, 2.24) is 9.78 Å². The van der Waals surface area contributed by atoms with Crippen molar-refractivity contribution >= 4 is 6.29 Å². The average molecular weight is 260 g/mol. The molecule has 4 heteroatoms. The summed E-state index contributed by atoms with van der Waals surface area (Å²) in [4.78, 5) is 11.2. The normalized spacial score (nSPS) is 11.0. The summed E-state index contributed by atoms with van der Waals surface area (Å²) >= 11 is 0. The topological polar surface area (TPSA) is 34.9 Å². The van der Waals surface area contributed by atoms with Crippen LogP contribution >= 0.6 is 0 Å². The Morgan fingerprint density at radius 1 is 1.42 bits per heavy atom. The van der Waals surface area contributed by atoms with Gasteiger partial charge in [0.1, 0.15) is 11.5 Å². The number of aryl methyl sites for hydroxylation is 1. The van der Waals surface area contributed by atoms with Crippen LogP contribution in [-0.4, -0.2) is 16.1 Å². The molecule has 0 N–H and O–H groups in total. The predicted molar refractivity (Wildman–Crippen MR) is 72.6 cm³/mol. The molecule has 0 saturated carbocycles. The van der Waals surface area contributed by atoms with Gasteiger partial charge in [0.2, 0.25) is 0 Å². The lowest BCUT2D eigenvalue weighted by Gasteiger charge is -2.05. The average Bonchev–Trinajstić information content (AvgIpc) is 2.71. The molecule has 0 aliphatic heterocycles. The number of benzene rings is 1. The molecule has 0 saturated heterocycles. The Labute approximate surface area is 112 Å². The summed E-state index contributed by atoms with van der Waals surface area (Å²) in [5.74, 6) is 0.164. The van der Waals surface area contributed by atoms with Crippen LogP contribution in [0.4, 0.5) is 4.39 Å². The Hall–Kier alpha value is -1.97. The van der Waals surface area contributed by atoms with E-state index in [1.165, 1.54) is 12.1 Å². The summed E-state index contributed by atoms with van der Waals surface area (Å²) < 4.78 is 14.9. The van der Waals surface area contributed by atoms with E-state index in [0.717, 1.165) is 24.0 Å². The highest BCUT2D eigenvalue weighted by molar-refractivity contribution is 5.86. The molecule has 19 heavy (non-hydrogen) atoms. The first-order valence-electron chi connectivity index (χ1n) is 6.30. The second-order valence-corrected chi connectivity index (χ2v) is 5.13. The third-order valence-corrected chi connectivity index (χ3v) is 2.91. The highest BCUT2D eigenvalue weighted by atomic mass is 19.1. The summed E-state index contributed by atoms with van der Waals surface area (Å²) in [5.41, 5.74) is 2.73. The number of hydrogen-bond donors (Lipinski definition) is 0. The standard InChI is InChI=1S/C15H17FN2O/c1-10(2)7-18-8-12(9-19)15(17-18)14-5-4-13(16)6-11(14)3/h4-6,8-10H,7H2,1-3H3. The molecule has 100 valence electrons. The first-order valence-corrected chi connectivity index (χ1v) is 6.30. The van der Waals surface area contributed by atoms with Crippen molar-refractivity contribution in [3.05, 3.63) is 41.3 Å². The fourth-order valence-electron chi connectivity index (χ4n) is 2.09. The van der Waals surface area contributed by atoms with Crippen LogP contribution in [0.15, 0.2) is 24.4 Å². The first-order chi connectivity index (χ1) is 9.01. The smallest absolute Gasteiger partial charge is 0.153 e. The van der Waals surface area contributed by atoms with Crippen molar-refractivity contribution in [2.45, 2.75) is 27.3 Å². The number of rotatable bonds is 4. The molecule has 1 aromatic heterocycles. The number of carbonyl (C=O) groups excluding carboxylic acids is 1. The van der Waals surface area contributed by atoms with Gasteiger partial charge in [-0.15, -0.1) is 0 Å². The minimum Gasteiger partial charge on any atom is -0.298 e. The van der Waals surface area contributed by atoms with Gasteiger partial charge in [0.15, 0.2) is 6.29 Å². The molecule has 3 nitrogen and oxygen atoms in total. The monoisotopic (exact) mass is 260 g/mol. The van der Waals surface area contributed by atoms with Crippen LogP contribution < -0.4 is 0 Å². The van der Waals surface area contributed by atoms with Crippen molar-refractivity contribution in [2.75, 3.05) is 0 Å². The second-order valence-electron chi connectivity index (χ2n) is 5.13. The van der Waals surface area contributed by atoms with Crippen LogP contribution in [0.5, 0.6) is 0 Å². The van der Waals surface area contributed by atoms with Gasteiger partial charge in [0, 0.05) is 18.3 Å². The van der Waals surface area contributed by atoms with E-state index in [2.05, 4.69) is 18.9 Å². The molecule has 2 aromatic rings. The largest absolute Gasteiger partial charge is 0.298 e. The van der Waals surface area contributed by atoms with Gasteiger partial charge in [-0.05, 0) is 36.6 Å². The van der Waals surface area contributed by atoms with Gasteiger partial charge < -0.3 is 0 Å². The van der Waals surface area contributed by atoms with E-state index >= 15 is 0 Å². The number of aldehydes is 1. The fourth-order valence-corrected chi connectivity index (χ4v) is 2.09. The Morgan fingerprint density at radius 2 is 2.16 bits per heavy atom. The summed E-state index contributed by atoms with van der Waals surface area (Å²) in [7, 11) is 0. The van der Waals surface area contributed by atoms with Crippen LogP contribution in [-0.2, 0) is 6.54 Å². The molecule has 0 radical (unpaired) electrons. The third-order valence-electron chi connectivity index (χ3n) is 2.91. The molecule has 0 unspecified atom stereocenters. The Bertz CT molecular complexity index is 602. The maximum atomic E-state index is 13.1. The number of aromatic nitrogens is 2. The maximum Gasteiger partial charge on any atom is 0.153 e. The Kier molecular flexibility index (Phi) is 3.79. The van der Waals surface area contributed by atoms with Crippen molar-refractivity contribution in [1.29, 1.82) is 0 Å². The van der Waals surface area contributed by atoms with Crippen LogP contribution in [0.2, 0.25) is 0 Å². The Balaban J connectivity index is 2.48. The number of nitrogens with zero attached hydrogens (tertiary/aromatic N) is 2. The van der Waals surface area contributed by atoms with E-state index in [9.17, 15) is 9.18 Å². The molecular formula is C15H17FN2O. The summed E-state index contributed by atoms with van der Waals surface area (Å²) in [6.45, 7) is 6.74. The predicted octanol–water partition coefficient (Wildman–Crippen LogP) is 3.47. The highest BCUT2D eigenvalue weighted by Gasteiger charge is 2.13. The molecule has 0 aliphatic carbocycles. The first kappa shape index (κ1) is 13.5. The van der Waals surface area contributed by atoms with E-state index in [4.69, 9.17) is 0 Å². The SMILES string of the molecule is Cc1cc(F)ccc1-c1nn(CC(C)C)cc1C=O. The molecule has 0 spiro atoms. The molecule has 0 bridgehead atoms. The number of halogens is 1. The maximum absolute atomic E-state index is 13.1. The molecule has 0 fully saturated rings. The summed E-state index contributed by atoms with van der Waals surface area (Å²) in [5, 5.41) is 4.44. The highest BCUT2D eigenvalue weighted by Crippen LogP contribution is 2.25. The zero-order valence-corrected chi connectivity index (χ0v) is 11.4. The lowest BCUT2D eigenvalue weighted by molar-refractivity contribution is 0.112. The van der Waals surface area contributed by atoms with Crippen LogP contribution in [0, 0.1) is 18.7 Å². The molecule has 2 rings (SSSR count). The minimum atomic E-state index is -0.282. The summed E-state index contributed by atoms with van der Waals surface area (Å²) in [6, 6.07) is 4.50. The molecular weight excluding hydrogens is 243 g/mol. The van der Waals surface area contributed by atoms with E-state index < -0.39 is 0 Å². The Morgan fingerprint density at radius 3 is 2.74 bits per heavy atom. The molecule has 0 atom stereocenters. The molecule has 0 aliphatic rings. The van der Waals surface area contributed by atoms with Crippen molar-refractivity contribution in [3.63, 3.8) is 0 Å². The number of carbonyl (C=O) groups is 1. The van der Waals surface area contributed by atoms with Gasteiger partial charge in [-0.2, -0.15) is 5.10 Å². The van der Waals surface area contributed by atoms with Crippen LogP contribution in [0.3, 0.4) is 0 Å². The van der Waals surface area contributed by atoms with Crippen molar-refractivity contribution in [2.24, 2.45) is 5.92 Å². The zero-order valence-electron chi connectivity index (χ0n) is 11.4. The summed E-state index contributed by atoms with van der Waals surface area (Å²) in [6.07, 6.45) is 2.53. The molecule has 1 aromatic carbocycles. The van der Waals surface area contributed by atoms with Crippen molar-refractivity contribution in [3.8, 4) is 11.3 Å². The second kappa shape index (κ2) is 5.34. The van der Waals surface area contributed by atoms with E-state index in [-0.39, 0.29) is 5.82 Å². The van der Waals surface area contributed by atoms with Crippen LogP contribution in [0.1, 0.15) is 29.8 Å². The lowest BCUT2D eigenvalue weighted by atomic mass is 10.0. The van der Waals surface area contributed by atoms with Gasteiger partial charge >= 0.3 is 0 Å². The van der Waals surface area contributed by atoms with Crippen LogP contribution in [0.25, 0.3) is 11.3 Å². The van der Waals surface area contributed by atoms with E-state index in [1.807, 2.05) is 6.92 Å². The number of hydrogen-bond acceptors (Lipinski definition) is 2. The fraction of sp³-hybridized carbons (Fsp3) is 0.333. The molecule has 1 heterocycles. The van der Waals surface area contributed by atoms with Crippen molar-refractivity contribution < 1.29 is 9.18 Å². The van der Waals surface area contributed by atoms with E-state index in [1.54, 1.807) is 16.9 Å². The minimum absolute atomic E-state index is 0.282. The third kappa shape index (κ3) is 2.89. The molecule has 0 amide bonds. The van der Waals surface area contributed by atoms with Gasteiger partial charge in [-0.1, -0.05) is 13.8 Å². The van der Waals surface area contributed by atoms with Gasteiger partial charge in [-0.3, -0.25) is 9.48 Å². The van der Waals surface area contributed by atoms with Gasteiger partial charge in [-0.25, -0.2) is 4.39 Å². The lowest BCUT2D eigenvalue weighted by Crippen LogP contribution is -2.04. The zero-order chi connectivity index (χ0) is 14.0. The van der Waals surface area contributed by atoms with Gasteiger partial charge in [0.05, 0.1) is 5.56 Å².